The maximum absolute atomic E-state index is 12.0. The van der Waals surface area contributed by atoms with Gasteiger partial charge in [0.1, 0.15) is 6.04 Å². The predicted octanol–water partition coefficient (Wildman–Crippen LogP) is 1.70. The molecule has 0 amide bonds. The Morgan fingerprint density at radius 1 is 1.32 bits per heavy atom. The Balaban J connectivity index is 2.17. The van der Waals surface area contributed by atoms with E-state index >= 15 is 0 Å². The van der Waals surface area contributed by atoms with E-state index in [0.717, 1.165) is 5.46 Å². The van der Waals surface area contributed by atoms with Crippen molar-refractivity contribution in [3.63, 3.8) is 0 Å². The van der Waals surface area contributed by atoms with Crippen LogP contribution in [0, 0.1) is 0 Å². The quantitative estimate of drug-likeness (QED) is 0.612. The van der Waals surface area contributed by atoms with E-state index in [0.29, 0.717) is 13.0 Å². The minimum absolute atomic E-state index is 0.270. The van der Waals surface area contributed by atoms with Crippen LogP contribution in [-0.4, -0.2) is 40.7 Å². The molecular weight excluding hydrogens is 283 g/mol. The lowest BCUT2D eigenvalue weighted by Gasteiger charge is -2.32. The Hall–Kier alpha value is -1.34. The smallest absolute Gasteiger partial charge is 0.464 e. The van der Waals surface area contributed by atoms with Crippen LogP contribution in [0.25, 0.3) is 0 Å². The van der Waals surface area contributed by atoms with Gasteiger partial charge in [0.05, 0.1) is 17.8 Å². The van der Waals surface area contributed by atoms with Crippen molar-refractivity contribution in [1.82, 2.24) is 9.78 Å². The van der Waals surface area contributed by atoms with Crippen LogP contribution in [0.3, 0.4) is 0 Å². The van der Waals surface area contributed by atoms with Crippen LogP contribution < -0.4 is 5.46 Å². The molecular formula is C15H25BN2O4. The fourth-order valence-corrected chi connectivity index (χ4v) is 2.32. The average molecular weight is 308 g/mol. The number of carbonyl (C=O) groups is 1. The Morgan fingerprint density at radius 3 is 2.41 bits per heavy atom. The summed E-state index contributed by atoms with van der Waals surface area (Å²) in [4.78, 5) is 12.0. The SMILES string of the molecule is CCOC(=O)[C@H](CC)n1cc(B2OC(C)(C)C(C)(C)O2)cn1. The number of ether oxygens (including phenoxy) is 1. The van der Waals surface area contributed by atoms with Crippen LogP contribution in [0.15, 0.2) is 12.4 Å². The monoisotopic (exact) mass is 308 g/mol. The van der Waals surface area contributed by atoms with Crippen LogP contribution >= 0.6 is 0 Å². The third-order valence-electron chi connectivity index (χ3n) is 4.41. The highest BCUT2D eigenvalue weighted by Crippen LogP contribution is 2.36. The highest BCUT2D eigenvalue weighted by Gasteiger charge is 2.52. The Kier molecular flexibility index (Phi) is 4.68. The van der Waals surface area contributed by atoms with E-state index in [1.165, 1.54) is 0 Å². The summed E-state index contributed by atoms with van der Waals surface area (Å²) in [5.74, 6) is -0.270. The molecule has 0 spiro atoms. The first-order valence-electron chi connectivity index (χ1n) is 7.78. The zero-order chi connectivity index (χ0) is 16.5. The van der Waals surface area contributed by atoms with E-state index in [2.05, 4.69) is 5.10 Å². The first-order valence-corrected chi connectivity index (χ1v) is 7.78. The van der Waals surface area contributed by atoms with Crippen molar-refractivity contribution >= 4 is 18.6 Å². The van der Waals surface area contributed by atoms with Crippen LogP contribution in [0.2, 0.25) is 0 Å². The van der Waals surface area contributed by atoms with Gasteiger partial charge in [0.15, 0.2) is 0 Å². The van der Waals surface area contributed by atoms with E-state index in [1.807, 2.05) is 34.6 Å². The molecule has 0 saturated carbocycles. The summed E-state index contributed by atoms with van der Waals surface area (Å²) < 4.78 is 18.7. The summed E-state index contributed by atoms with van der Waals surface area (Å²) >= 11 is 0. The number of hydrogen-bond acceptors (Lipinski definition) is 5. The lowest BCUT2D eigenvalue weighted by molar-refractivity contribution is -0.147. The summed E-state index contributed by atoms with van der Waals surface area (Å²) in [6, 6.07) is -0.420. The van der Waals surface area contributed by atoms with Gasteiger partial charge in [-0.2, -0.15) is 5.10 Å². The number of carbonyl (C=O) groups excluding carboxylic acids is 1. The van der Waals surface area contributed by atoms with Crippen LogP contribution in [-0.2, 0) is 18.8 Å². The second-order valence-corrected chi connectivity index (χ2v) is 6.52. The second-order valence-electron chi connectivity index (χ2n) is 6.52. The number of nitrogens with zero attached hydrogens (tertiary/aromatic N) is 2. The molecule has 0 N–H and O–H groups in total. The normalized spacial score (nSPS) is 20.9. The maximum atomic E-state index is 12.0. The van der Waals surface area contributed by atoms with Gasteiger partial charge in [-0.05, 0) is 41.0 Å². The van der Waals surface area contributed by atoms with Gasteiger partial charge < -0.3 is 14.0 Å². The lowest BCUT2D eigenvalue weighted by Crippen LogP contribution is -2.41. The van der Waals surface area contributed by atoms with E-state index < -0.39 is 24.4 Å². The molecule has 22 heavy (non-hydrogen) atoms. The summed E-state index contributed by atoms with van der Waals surface area (Å²) in [6.07, 6.45) is 4.10. The maximum Gasteiger partial charge on any atom is 0.498 e. The van der Waals surface area contributed by atoms with Crippen LogP contribution in [0.4, 0.5) is 0 Å². The lowest BCUT2D eigenvalue weighted by atomic mass is 9.82. The van der Waals surface area contributed by atoms with Gasteiger partial charge in [-0.3, -0.25) is 4.68 Å². The zero-order valence-corrected chi connectivity index (χ0v) is 14.3. The number of esters is 1. The van der Waals surface area contributed by atoms with Crippen molar-refractivity contribution in [1.29, 1.82) is 0 Å². The number of rotatable bonds is 5. The van der Waals surface area contributed by atoms with E-state index in [1.54, 1.807) is 24.0 Å². The first kappa shape index (κ1) is 17.0. The van der Waals surface area contributed by atoms with Gasteiger partial charge in [0, 0.05) is 17.9 Å². The van der Waals surface area contributed by atoms with Gasteiger partial charge in [-0.25, -0.2) is 4.79 Å². The molecule has 0 bridgehead atoms. The minimum Gasteiger partial charge on any atom is -0.464 e. The standard InChI is InChI=1S/C15H25BN2O4/c1-7-12(13(19)20-8-2)18-10-11(9-17-18)16-21-14(3,4)15(5,6)22-16/h9-10,12H,7-8H2,1-6H3/t12-/m0/s1. The Bertz CT molecular complexity index is 525. The Labute approximate surface area is 132 Å². The molecule has 1 atom stereocenters. The fourth-order valence-electron chi connectivity index (χ4n) is 2.32. The van der Waals surface area contributed by atoms with Crippen molar-refractivity contribution in [2.75, 3.05) is 6.61 Å². The largest absolute Gasteiger partial charge is 0.498 e. The molecule has 1 aromatic heterocycles. The van der Waals surface area contributed by atoms with Crippen molar-refractivity contribution in [3.05, 3.63) is 12.4 Å². The highest BCUT2D eigenvalue weighted by molar-refractivity contribution is 6.62. The number of aromatic nitrogens is 2. The predicted molar refractivity (Wildman–Crippen MR) is 83.9 cm³/mol. The molecule has 1 saturated heterocycles. The van der Waals surface area contributed by atoms with Gasteiger partial charge >= 0.3 is 13.1 Å². The summed E-state index contributed by atoms with van der Waals surface area (Å²) in [7, 11) is -0.474. The molecule has 1 aliphatic rings. The van der Waals surface area contributed by atoms with E-state index in [9.17, 15) is 4.79 Å². The molecule has 2 rings (SSSR count). The number of hydrogen-bond donors (Lipinski definition) is 0. The summed E-state index contributed by atoms with van der Waals surface area (Å²) in [6.45, 7) is 12.1. The van der Waals surface area contributed by atoms with Gasteiger partial charge in [-0.15, -0.1) is 0 Å². The molecule has 7 heteroatoms. The van der Waals surface area contributed by atoms with Gasteiger partial charge in [0.2, 0.25) is 0 Å². The van der Waals surface area contributed by atoms with Crippen LogP contribution in [0.5, 0.6) is 0 Å². The summed E-state index contributed by atoms with van der Waals surface area (Å²) in [5.41, 5.74) is 0.0113. The summed E-state index contributed by atoms with van der Waals surface area (Å²) in [5, 5.41) is 4.29. The zero-order valence-electron chi connectivity index (χ0n) is 14.3. The highest BCUT2D eigenvalue weighted by atomic mass is 16.7. The van der Waals surface area contributed by atoms with Crippen molar-refractivity contribution in [2.45, 2.75) is 65.2 Å². The molecule has 122 valence electrons. The van der Waals surface area contributed by atoms with Gasteiger partial charge in [-0.1, -0.05) is 6.92 Å². The van der Waals surface area contributed by atoms with Crippen LogP contribution in [0.1, 0.15) is 54.0 Å². The van der Waals surface area contributed by atoms with Crippen molar-refractivity contribution in [2.24, 2.45) is 0 Å². The fraction of sp³-hybridized carbons (Fsp3) is 0.733. The molecule has 0 aromatic carbocycles. The van der Waals surface area contributed by atoms with E-state index in [4.69, 9.17) is 14.0 Å². The topological polar surface area (TPSA) is 62.6 Å². The molecule has 1 aromatic rings. The minimum atomic E-state index is -0.474. The Morgan fingerprint density at radius 2 is 1.91 bits per heavy atom. The third-order valence-corrected chi connectivity index (χ3v) is 4.41. The van der Waals surface area contributed by atoms with Crippen molar-refractivity contribution in [3.8, 4) is 0 Å². The second kappa shape index (κ2) is 6.04. The van der Waals surface area contributed by atoms with Gasteiger partial charge in [0.25, 0.3) is 0 Å². The van der Waals surface area contributed by atoms with Crippen molar-refractivity contribution < 1.29 is 18.8 Å². The molecule has 2 heterocycles. The van der Waals surface area contributed by atoms with E-state index in [-0.39, 0.29) is 5.97 Å². The molecule has 1 fully saturated rings. The average Bonchev–Trinajstić information content (AvgIpc) is 2.95. The molecule has 6 nitrogen and oxygen atoms in total. The molecule has 0 unspecified atom stereocenters. The molecule has 0 radical (unpaired) electrons. The molecule has 0 aliphatic carbocycles. The molecule has 1 aliphatic heterocycles. The first-order chi connectivity index (χ1) is 10.2. The third kappa shape index (κ3) is 3.05.